The van der Waals surface area contributed by atoms with E-state index in [4.69, 9.17) is 18.9 Å². The van der Waals surface area contributed by atoms with Crippen molar-refractivity contribution < 1.29 is 36.9 Å². The minimum absolute atomic E-state index is 0.0511. The van der Waals surface area contributed by atoms with Gasteiger partial charge in [0.1, 0.15) is 11.5 Å². The van der Waals surface area contributed by atoms with Crippen molar-refractivity contribution in [3.63, 3.8) is 0 Å². The molecule has 0 saturated heterocycles. The lowest BCUT2D eigenvalue weighted by atomic mass is 9.83. The molecule has 2 aromatic rings. The summed E-state index contributed by atoms with van der Waals surface area (Å²) in [5.74, 6) is 0.488. The first-order valence-corrected chi connectivity index (χ1v) is 9.94. The van der Waals surface area contributed by atoms with Crippen molar-refractivity contribution in [1.82, 2.24) is 0 Å². The number of hydrogen-bond donors (Lipinski definition) is 0. The zero-order chi connectivity index (χ0) is 22.4. The molecule has 0 heterocycles. The predicted molar refractivity (Wildman–Crippen MR) is 107 cm³/mol. The average molecular weight is 438 g/mol. The van der Waals surface area contributed by atoms with Gasteiger partial charge in [0, 0.05) is 31.3 Å². The molecule has 0 bridgehead atoms. The molecule has 0 spiro atoms. The molecule has 2 atom stereocenters. The number of carbonyl (C=O) groups excluding carboxylic acids is 1. The standard InChI is InChI=1S/C23H25F3O5/c1-28-13-30-17-10-11-21(31-14-29-2)20(12-17)18-4-3-5-19(18)22(27)15-6-8-16(9-7-15)23(24,25)26/h6-12,18-19H,3-5,13-14H2,1-2H3/t18-,19+/m1/s1. The predicted octanol–water partition coefficient (Wildman–Crippen LogP) is 5.44. The van der Waals surface area contributed by atoms with Crippen molar-refractivity contribution in [2.75, 3.05) is 27.8 Å². The molecule has 168 valence electrons. The summed E-state index contributed by atoms with van der Waals surface area (Å²) >= 11 is 0. The Kier molecular flexibility index (Phi) is 7.56. The number of ketones is 1. The van der Waals surface area contributed by atoms with Gasteiger partial charge >= 0.3 is 6.18 Å². The van der Waals surface area contributed by atoms with Crippen molar-refractivity contribution in [1.29, 1.82) is 0 Å². The van der Waals surface area contributed by atoms with Crippen LogP contribution >= 0.6 is 0 Å². The smallest absolute Gasteiger partial charge is 0.416 e. The van der Waals surface area contributed by atoms with Gasteiger partial charge in [0.15, 0.2) is 19.4 Å². The van der Waals surface area contributed by atoms with Crippen LogP contribution in [0.3, 0.4) is 0 Å². The number of Topliss-reactive ketones (excluding diaryl/α,β-unsaturated/α-hetero) is 1. The molecular weight excluding hydrogens is 413 g/mol. The molecule has 0 amide bonds. The quantitative estimate of drug-likeness (QED) is 0.386. The third kappa shape index (κ3) is 5.57. The molecule has 0 unspecified atom stereocenters. The lowest BCUT2D eigenvalue weighted by Crippen LogP contribution is -2.19. The zero-order valence-corrected chi connectivity index (χ0v) is 17.4. The number of alkyl halides is 3. The maximum atomic E-state index is 13.2. The molecule has 0 radical (unpaired) electrons. The Morgan fingerprint density at radius 2 is 1.65 bits per heavy atom. The number of carbonyl (C=O) groups is 1. The fraction of sp³-hybridized carbons (Fsp3) is 0.435. The molecule has 1 fully saturated rings. The SMILES string of the molecule is COCOc1ccc(OCOC)c([C@@H]2CCC[C@@H]2C(=O)c2ccc(C(F)(F)F)cc2)c1. The highest BCUT2D eigenvalue weighted by molar-refractivity contribution is 5.98. The van der Waals surface area contributed by atoms with Crippen LogP contribution < -0.4 is 9.47 Å². The molecule has 2 aromatic carbocycles. The minimum atomic E-state index is -4.44. The first-order valence-electron chi connectivity index (χ1n) is 9.94. The van der Waals surface area contributed by atoms with Gasteiger partial charge in [-0.05, 0) is 49.1 Å². The van der Waals surface area contributed by atoms with Crippen LogP contribution in [0.1, 0.15) is 46.7 Å². The Hall–Kier alpha value is -2.58. The first-order chi connectivity index (χ1) is 14.8. The fourth-order valence-electron chi connectivity index (χ4n) is 3.97. The Bertz CT molecular complexity index is 880. The number of benzene rings is 2. The summed E-state index contributed by atoms with van der Waals surface area (Å²) in [6.07, 6.45) is -2.20. The van der Waals surface area contributed by atoms with Crippen molar-refractivity contribution in [3.8, 4) is 11.5 Å². The third-order valence-electron chi connectivity index (χ3n) is 5.41. The number of ether oxygens (including phenoxy) is 4. The average Bonchev–Trinajstić information content (AvgIpc) is 3.25. The van der Waals surface area contributed by atoms with E-state index in [1.807, 2.05) is 6.07 Å². The molecule has 8 heteroatoms. The Morgan fingerprint density at radius 3 is 2.29 bits per heavy atom. The normalized spacial score (nSPS) is 18.7. The maximum absolute atomic E-state index is 13.2. The second kappa shape index (κ2) is 10.2. The van der Waals surface area contributed by atoms with E-state index in [1.54, 1.807) is 12.1 Å². The van der Waals surface area contributed by atoms with E-state index in [-0.39, 0.29) is 36.8 Å². The lowest BCUT2D eigenvalue weighted by molar-refractivity contribution is -0.137. The molecule has 31 heavy (non-hydrogen) atoms. The van der Waals surface area contributed by atoms with Crippen LogP contribution in [0, 0.1) is 5.92 Å². The number of halogens is 3. The largest absolute Gasteiger partial charge is 0.468 e. The number of rotatable bonds is 9. The van der Waals surface area contributed by atoms with E-state index in [2.05, 4.69) is 0 Å². The van der Waals surface area contributed by atoms with Gasteiger partial charge in [-0.15, -0.1) is 0 Å². The fourth-order valence-corrected chi connectivity index (χ4v) is 3.97. The Labute approximate surface area is 179 Å². The van der Waals surface area contributed by atoms with Gasteiger partial charge in [0.2, 0.25) is 0 Å². The molecule has 0 aromatic heterocycles. The Balaban J connectivity index is 1.88. The molecule has 1 saturated carbocycles. The number of hydrogen-bond acceptors (Lipinski definition) is 5. The van der Waals surface area contributed by atoms with Crippen molar-refractivity contribution in [2.45, 2.75) is 31.4 Å². The highest BCUT2D eigenvalue weighted by Crippen LogP contribution is 2.45. The highest BCUT2D eigenvalue weighted by Gasteiger charge is 2.37. The van der Waals surface area contributed by atoms with Crippen LogP contribution in [-0.2, 0) is 15.7 Å². The Morgan fingerprint density at radius 1 is 0.968 bits per heavy atom. The molecule has 0 aliphatic heterocycles. The van der Waals surface area contributed by atoms with Crippen molar-refractivity contribution in [2.24, 2.45) is 5.92 Å². The van der Waals surface area contributed by atoms with Crippen LogP contribution in [0.5, 0.6) is 11.5 Å². The van der Waals surface area contributed by atoms with Crippen LogP contribution in [0.4, 0.5) is 13.2 Å². The summed E-state index contributed by atoms with van der Waals surface area (Å²) in [7, 11) is 3.04. The zero-order valence-electron chi connectivity index (χ0n) is 17.4. The van der Waals surface area contributed by atoms with Crippen molar-refractivity contribution in [3.05, 3.63) is 59.2 Å². The van der Waals surface area contributed by atoms with E-state index in [1.165, 1.54) is 26.4 Å². The van der Waals surface area contributed by atoms with Crippen LogP contribution in [0.2, 0.25) is 0 Å². The lowest BCUT2D eigenvalue weighted by Gasteiger charge is -2.23. The molecule has 1 aliphatic carbocycles. The molecule has 5 nitrogen and oxygen atoms in total. The summed E-state index contributed by atoms with van der Waals surface area (Å²) in [5, 5.41) is 0. The molecular formula is C23H25F3O5. The van der Waals surface area contributed by atoms with Crippen LogP contribution in [-0.4, -0.2) is 33.6 Å². The van der Waals surface area contributed by atoms with Gasteiger partial charge in [-0.2, -0.15) is 13.2 Å². The summed E-state index contributed by atoms with van der Waals surface area (Å²) in [6.45, 7) is 0.131. The maximum Gasteiger partial charge on any atom is 0.416 e. The monoisotopic (exact) mass is 438 g/mol. The van der Waals surface area contributed by atoms with E-state index in [0.717, 1.165) is 30.5 Å². The molecule has 1 aliphatic rings. The first kappa shape index (κ1) is 23.1. The molecule has 3 rings (SSSR count). The van der Waals surface area contributed by atoms with E-state index < -0.39 is 11.7 Å². The summed E-state index contributed by atoms with van der Waals surface area (Å²) in [4.78, 5) is 13.2. The topological polar surface area (TPSA) is 54.0 Å². The third-order valence-corrected chi connectivity index (χ3v) is 5.41. The van der Waals surface area contributed by atoms with Gasteiger partial charge in [-0.25, -0.2) is 0 Å². The van der Waals surface area contributed by atoms with E-state index in [9.17, 15) is 18.0 Å². The van der Waals surface area contributed by atoms with Crippen LogP contribution in [0.25, 0.3) is 0 Å². The molecule has 0 N–H and O–H groups in total. The van der Waals surface area contributed by atoms with Crippen molar-refractivity contribution >= 4 is 5.78 Å². The highest BCUT2D eigenvalue weighted by atomic mass is 19.4. The van der Waals surface area contributed by atoms with Gasteiger partial charge in [-0.3, -0.25) is 4.79 Å². The van der Waals surface area contributed by atoms with Crippen LogP contribution in [0.15, 0.2) is 42.5 Å². The number of methoxy groups -OCH3 is 2. The second-order valence-corrected chi connectivity index (χ2v) is 7.38. The summed E-state index contributed by atoms with van der Waals surface area (Å²) in [6, 6.07) is 9.73. The van der Waals surface area contributed by atoms with Gasteiger partial charge in [-0.1, -0.05) is 18.6 Å². The summed E-state index contributed by atoms with van der Waals surface area (Å²) < 4.78 is 59.7. The van der Waals surface area contributed by atoms with Gasteiger partial charge in [0.05, 0.1) is 5.56 Å². The van der Waals surface area contributed by atoms with E-state index >= 15 is 0 Å². The second-order valence-electron chi connectivity index (χ2n) is 7.38. The van der Waals surface area contributed by atoms with E-state index in [0.29, 0.717) is 17.9 Å². The van der Waals surface area contributed by atoms with Gasteiger partial charge < -0.3 is 18.9 Å². The minimum Gasteiger partial charge on any atom is -0.468 e. The summed E-state index contributed by atoms with van der Waals surface area (Å²) in [5.41, 5.74) is 0.315. The van der Waals surface area contributed by atoms with Gasteiger partial charge in [0.25, 0.3) is 0 Å².